The first-order valence-electron chi connectivity index (χ1n) is 10.0. The van der Waals surface area contributed by atoms with Crippen molar-refractivity contribution in [2.75, 3.05) is 0 Å². The van der Waals surface area contributed by atoms with E-state index in [9.17, 15) is 10.2 Å². The van der Waals surface area contributed by atoms with Crippen LogP contribution in [0.15, 0.2) is 5.16 Å². The lowest BCUT2D eigenvalue weighted by molar-refractivity contribution is -0.127. The van der Waals surface area contributed by atoms with E-state index in [2.05, 4.69) is 19.0 Å². The van der Waals surface area contributed by atoms with Gasteiger partial charge in [0.15, 0.2) is 0 Å². The number of fused-ring (bicyclic) bond motifs is 7. The predicted molar refractivity (Wildman–Crippen MR) is 91.1 cm³/mol. The molecule has 4 aliphatic carbocycles. The minimum absolute atomic E-state index is 0.0685. The van der Waals surface area contributed by atoms with E-state index in [1.807, 2.05) is 0 Å². The third-order valence-electron chi connectivity index (χ3n) is 9.08. The molecular formula is C20H31NO3. The molecule has 1 heterocycles. The molecule has 0 radical (unpaired) electrons. The van der Waals surface area contributed by atoms with Gasteiger partial charge in [0.25, 0.3) is 0 Å². The molecule has 0 saturated heterocycles. The van der Waals surface area contributed by atoms with Crippen LogP contribution in [0, 0.1) is 40.4 Å². The molecule has 1 aliphatic heterocycles. The summed E-state index contributed by atoms with van der Waals surface area (Å²) in [6, 6.07) is 0. The van der Waals surface area contributed by atoms with Gasteiger partial charge in [-0.15, -0.1) is 0 Å². The van der Waals surface area contributed by atoms with Crippen molar-refractivity contribution in [3.05, 3.63) is 0 Å². The molecule has 5 aliphatic rings. The molecule has 0 aromatic rings. The third kappa shape index (κ3) is 1.85. The number of rotatable bonds is 0. The number of aliphatic hydroxyl groups is 2. The van der Waals surface area contributed by atoms with Crippen molar-refractivity contribution in [2.24, 2.45) is 45.6 Å². The number of hydrogen-bond acceptors (Lipinski definition) is 4. The summed E-state index contributed by atoms with van der Waals surface area (Å²) in [5.41, 5.74) is 1.71. The summed E-state index contributed by atoms with van der Waals surface area (Å²) in [6.07, 6.45) is 8.52. The normalized spacial score (nSPS) is 58.8. The van der Waals surface area contributed by atoms with E-state index < -0.39 is 6.29 Å². The van der Waals surface area contributed by atoms with E-state index in [0.717, 1.165) is 36.8 Å². The van der Waals surface area contributed by atoms with Crippen molar-refractivity contribution in [1.82, 2.24) is 0 Å². The first kappa shape index (κ1) is 15.6. The molecule has 0 spiro atoms. The Morgan fingerprint density at radius 1 is 1.00 bits per heavy atom. The molecular weight excluding hydrogens is 302 g/mol. The fourth-order valence-corrected chi connectivity index (χ4v) is 7.72. The van der Waals surface area contributed by atoms with Crippen LogP contribution in [-0.4, -0.2) is 28.3 Å². The molecule has 9 atom stereocenters. The van der Waals surface area contributed by atoms with E-state index >= 15 is 0 Å². The molecule has 4 heteroatoms. The van der Waals surface area contributed by atoms with Gasteiger partial charge in [-0.3, -0.25) is 0 Å². The Bertz CT molecular complexity index is 577. The SMILES string of the molecule is C[C@]12CC[C@H](O)C[C@H]1CC[C@@H]1[C@@H]2CC[C@]2(C)C3=NO[C@H](O)[C@@H]3C[C@@H]12. The average Bonchev–Trinajstić information content (AvgIpc) is 3.06. The molecule has 4 nitrogen and oxygen atoms in total. The van der Waals surface area contributed by atoms with Crippen molar-refractivity contribution in [3.8, 4) is 0 Å². The molecule has 0 aromatic carbocycles. The summed E-state index contributed by atoms with van der Waals surface area (Å²) in [5, 5.41) is 24.6. The van der Waals surface area contributed by atoms with Crippen LogP contribution in [0.3, 0.4) is 0 Å². The van der Waals surface area contributed by atoms with Gasteiger partial charge in [-0.05, 0) is 80.5 Å². The molecule has 4 fully saturated rings. The van der Waals surface area contributed by atoms with Gasteiger partial charge in [-0.25, -0.2) is 0 Å². The van der Waals surface area contributed by atoms with Crippen LogP contribution in [0.2, 0.25) is 0 Å². The fourth-order valence-electron chi connectivity index (χ4n) is 7.72. The largest absolute Gasteiger partial charge is 0.393 e. The minimum atomic E-state index is -0.711. The van der Waals surface area contributed by atoms with E-state index in [-0.39, 0.29) is 17.4 Å². The zero-order valence-electron chi connectivity index (χ0n) is 14.9. The molecule has 4 saturated carbocycles. The standard InChI is InChI=1S/C20H31NO3/c1-19-7-5-12(22)9-11(19)3-4-13-15(19)6-8-20(2)16(13)10-14-17(20)21-24-18(14)23/h11-16,18,22-23H,3-10H2,1-2H3/t11-,12+,13-,14-,15+,16+,18+,19+,20+/m1/s1. The molecule has 134 valence electrons. The number of oxime groups is 1. The zero-order chi connectivity index (χ0) is 16.7. The first-order valence-corrected chi connectivity index (χ1v) is 10.0. The molecule has 5 rings (SSSR count). The fraction of sp³-hybridized carbons (Fsp3) is 0.950. The van der Waals surface area contributed by atoms with Crippen LogP contribution in [-0.2, 0) is 4.84 Å². The van der Waals surface area contributed by atoms with Crippen molar-refractivity contribution in [1.29, 1.82) is 0 Å². The van der Waals surface area contributed by atoms with Crippen LogP contribution in [0.5, 0.6) is 0 Å². The summed E-state index contributed by atoms with van der Waals surface area (Å²) >= 11 is 0. The summed E-state index contributed by atoms with van der Waals surface area (Å²) in [6.45, 7) is 4.90. The van der Waals surface area contributed by atoms with Crippen molar-refractivity contribution in [2.45, 2.75) is 77.6 Å². The second-order valence-corrected chi connectivity index (χ2v) is 9.86. The molecule has 0 bridgehead atoms. The molecule has 0 unspecified atom stereocenters. The lowest BCUT2D eigenvalue weighted by atomic mass is 9.45. The van der Waals surface area contributed by atoms with Crippen LogP contribution in [0.4, 0.5) is 0 Å². The Kier molecular flexibility index (Phi) is 3.24. The Morgan fingerprint density at radius 2 is 1.83 bits per heavy atom. The topological polar surface area (TPSA) is 62.1 Å². The zero-order valence-corrected chi connectivity index (χ0v) is 14.9. The van der Waals surface area contributed by atoms with Gasteiger partial charge in [0.2, 0.25) is 6.29 Å². The minimum Gasteiger partial charge on any atom is -0.393 e. The average molecular weight is 333 g/mol. The Morgan fingerprint density at radius 3 is 2.67 bits per heavy atom. The van der Waals surface area contributed by atoms with Crippen molar-refractivity contribution in [3.63, 3.8) is 0 Å². The lowest BCUT2D eigenvalue weighted by Crippen LogP contribution is -2.54. The molecule has 0 aromatic heterocycles. The summed E-state index contributed by atoms with van der Waals surface area (Å²) < 4.78 is 0. The Hall–Kier alpha value is -0.610. The smallest absolute Gasteiger partial charge is 0.232 e. The monoisotopic (exact) mass is 333 g/mol. The van der Waals surface area contributed by atoms with Crippen molar-refractivity contribution < 1.29 is 15.1 Å². The maximum absolute atomic E-state index is 10.2. The van der Waals surface area contributed by atoms with Crippen LogP contribution in [0.25, 0.3) is 0 Å². The molecule has 24 heavy (non-hydrogen) atoms. The van der Waals surface area contributed by atoms with Gasteiger partial charge >= 0.3 is 0 Å². The van der Waals surface area contributed by atoms with Crippen molar-refractivity contribution >= 4 is 5.71 Å². The number of hydrogen-bond donors (Lipinski definition) is 2. The summed E-state index contributed by atoms with van der Waals surface area (Å²) in [7, 11) is 0. The van der Waals surface area contributed by atoms with Gasteiger partial charge < -0.3 is 15.1 Å². The van der Waals surface area contributed by atoms with E-state index in [1.54, 1.807) is 0 Å². The molecule has 0 amide bonds. The van der Waals surface area contributed by atoms with E-state index in [1.165, 1.54) is 32.1 Å². The summed E-state index contributed by atoms with van der Waals surface area (Å²) in [4.78, 5) is 5.20. The van der Waals surface area contributed by atoms with E-state index in [0.29, 0.717) is 17.3 Å². The van der Waals surface area contributed by atoms with Gasteiger partial charge in [0, 0.05) is 5.41 Å². The van der Waals surface area contributed by atoms with Gasteiger partial charge in [-0.1, -0.05) is 19.0 Å². The highest BCUT2D eigenvalue weighted by Crippen LogP contribution is 2.67. The second-order valence-electron chi connectivity index (χ2n) is 9.86. The third-order valence-corrected chi connectivity index (χ3v) is 9.08. The van der Waals surface area contributed by atoms with Gasteiger partial charge in [0.1, 0.15) is 0 Å². The Labute approximate surface area is 144 Å². The van der Waals surface area contributed by atoms with Gasteiger partial charge in [0.05, 0.1) is 17.7 Å². The lowest BCUT2D eigenvalue weighted by Gasteiger charge is -2.60. The number of aliphatic hydroxyl groups excluding tert-OH is 2. The van der Waals surface area contributed by atoms with Crippen LogP contribution in [0.1, 0.15) is 65.2 Å². The maximum Gasteiger partial charge on any atom is 0.232 e. The maximum atomic E-state index is 10.2. The highest BCUT2D eigenvalue weighted by Gasteiger charge is 2.63. The summed E-state index contributed by atoms with van der Waals surface area (Å²) in [5.74, 6) is 3.06. The van der Waals surface area contributed by atoms with Crippen LogP contribution >= 0.6 is 0 Å². The highest BCUT2D eigenvalue weighted by molar-refractivity contribution is 5.95. The molecule has 2 N–H and O–H groups in total. The highest BCUT2D eigenvalue weighted by atomic mass is 16.7. The van der Waals surface area contributed by atoms with Gasteiger partial charge in [-0.2, -0.15) is 0 Å². The van der Waals surface area contributed by atoms with Crippen LogP contribution < -0.4 is 0 Å². The second kappa shape index (κ2) is 4.97. The number of nitrogens with zero attached hydrogens (tertiary/aromatic N) is 1. The quantitative estimate of drug-likeness (QED) is 0.715. The van der Waals surface area contributed by atoms with E-state index in [4.69, 9.17) is 4.84 Å². The predicted octanol–water partition coefficient (Wildman–Crippen LogP) is 3.32. The first-order chi connectivity index (χ1) is 11.4. The Balaban J connectivity index is 1.47.